The maximum atomic E-state index is 10.9. The molecule has 6 heteroatoms. The number of aromatic nitrogens is 1. The molecule has 21 heavy (non-hydrogen) atoms. The minimum Gasteiger partial charge on any atom is -0.495 e. The first-order valence-electron chi connectivity index (χ1n) is 6.16. The number of carbonyl (C=O) groups is 1. The van der Waals surface area contributed by atoms with Gasteiger partial charge in [0.1, 0.15) is 11.3 Å². The summed E-state index contributed by atoms with van der Waals surface area (Å²) in [4.78, 5) is 15.3. The summed E-state index contributed by atoms with van der Waals surface area (Å²) >= 11 is 0. The highest BCUT2D eigenvalue weighted by Gasteiger charge is 2.12. The first-order chi connectivity index (χ1) is 10.1. The molecule has 0 unspecified atom stereocenters. The summed E-state index contributed by atoms with van der Waals surface area (Å²) in [5.74, 6) is -0.0616. The predicted molar refractivity (Wildman–Crippen MR) is 77.4 cm³/mol. The summed E-state index contributed by atoms with van der Waals surface area (Å²) in [6.07, 6.45) is 0. The standard InChI is InChI=1S/C15H12N2O4/c1-20-12-5-3-8(6-10(12)16)14-17-11-4-2-9(15(18)19)7-13(11)21-14/h2-7H,16H2,1H3,(H,18,19). The molecule has 106 valence electrons. The molecule has 3 aromatic rings. The van der Waals surface area contributed by atoms with Crippen molar-refractivity contribution >= 4 is 22.8 Å². The Kier molecular flexibility index (Phi) is 2.98. The smallest absolute Gasteiger partial charge is 0.335 e. The summed E-state index contributed by atoms with van der Waals surface area (Å²) in [7, 11) is 1.54. The SMILES string of the molecule is COc1ccc(-c2nc3ccc(C(=O)O)cc3o2)cc1N. The molecule has 0 aliphatic heterocycles. The zero-order valence-corrected chi connectivity index (χ0v) is 11.2. The van der Waals surface area contributed by atoms with E-state index in [4.69, 9.17) is 20.0 Å². The second-order valence-corrected chi connectivity index (χ2v) is 4.46. The molecular formula is C15H12N2O4. The van der Waals surface area contributed by atoms with Crippen molar-refractivity contribution in [3.63, 3.8) is 0 Å². The maximum absolute atomic E-state index is 10.9. The van der Waals surface area contributed by atoms with Gasteiger partial charge in [-0.3, -0.25) is 0 Å². The van der Waals surface area contributed by atoms with Crippen LogP contribution in [0.25, 0.3) is 22.6 Å². The van der Waals surface area contributed by atoms with Crippen LogP contribution in [0.2, 0.25) is 0 Å². The summed E-state index contributed by atoms with van der Waals surface area (Å²) in [5.41, 5.74) is 8.18. The monoisotopic (exact) mass is 284 g/mol. The van der Waals surface area contributed by atoms with Crippen LogP contribution in [0.5, 0.6) is 5.75 Å². The van der Waals surface area contributed by atoms with Gasteiger partial charge in [0, 0.05) is 5.56 Å². The number of methoxy groups -OCH3 is 1. The summed E-state index contributed by atoms with van der Waals surface area (Å²) in [6, 6.07) is 9.74. The van der Waals surface area contributed by atoms with Gasteiger partial charge in [-0.2, -0.15) is 0 Å². The number of nitrogen functional groups attached to an aromatic ring is 1. The van der Waals surface area contributed by atoms with Crippen LogP contribution in [-0.2, 0) is 0 Å². The first kappa shape index (κ1) is 13.0. The maximum Gasteiger partial charge on any atom is 0.335 e. The topological polar surface area (TPSA) is 98.6 Å². The molecule has 1 aromatic heterocycles. The molecular weight excluding hydrogens is 272 g/mol. The van der Waals surface area contributed by atoms with E-state index < -0.39 is 5.97 Å². The molecule has 0 radical (unpaired) electrons. The van der Waals surface area contributed by atoms with Crippen molar-refractivity contribution in [2.24, 2.45) is 0 Å². The number of hydrogen-bond donors (Lipinski definition) is 2. The van der Waals surface area contributed by atoms with Crippen LogP contribution in [0.1, 0.15) is 10.4 Å². The Hall–Kier alpha value is -3.02. The number of ether oxygens (including phenoxy) is 1. The molecule has 0 amide bonds. The lowest BCUT2D eigenvalue weighted by molar-refractivity contribution is 0.0697. The van der Waals surface area contributed by atoms with Gasteiger partial charge >= 0.3 is 5.97 Å². The molecule has 0 saturated heterocycles. The van der Waals surface area contributed by atoms with E-state index in [-0.39, 0.29) is 5.56 Å². The van der Waals surface area contributed by atoms with Gasteiger partial charge in [0.05, 0.1) is 18.4 Å². The van der Waals surface area contributed by atoms with Gasteiger partial charge in [0.2, 0.25) is 5.89 Å². The van der Waals surface area contributed by atoms with Crippen molar-refractivity contribution in [2.45, 2.75) is 0 Å². The van der Waals surface area contributed by atoms with Crippen LogP contribution in [0.3, 0.4) is 0 Å². The van der Waals surface area contributed by atoms with E-state index in [1.165, 1.54) is 19.2 Å². The van der Waals surface area contributed by atoms with Gasteiger partial charge in [-0.25, -0.2) is 9.78 Å². The van der Waals surface area contributed by atoms with Crippen LogP contribution < -0.4 is 10.5 Å². The molecule has 0 aliphatic rings. The molecule has 0 aliphatic carbocycles. The molecule has 0 bridgehead atoms. The number of hydrogen-bond acceptors (Lipinski definition) is 5. The van der Waals surface area contributed by atoms with Crippen molar-refractivity contribution in [1.82, 2.24) is 4.98 Å². The number of oxazole rings is 1. The Morgan fingerprint density at radius 1 is 1.29 bits per heavy atom. The predicted octanol–water partition coefficient (Wildman–Crippen LogP) is 2.78. The van der Waals surface area contributed by atoms with Crippen molar-refractivity contribution < 1.29 is 19.1 Å². The lowest BCUT2D eigenvalue weighted by Crippen LogP contribution is -1.94. The van der Waals surface area contributed by atoms with Gasteiger partial charge in [0.15, 0.2) is 5.58 Å². The zero-order chi connectivity index (χ0) is 15.0. The number of aromatic carboxylic acids is 1. The number of anilines is 1. The molecule has 3 rings (SSSR count). The van der Waals surface area contributed by atoms with Gasteiger partial charge < -0.3 is 20.0 Å². The Labute approximate surface area is 119 Å². The quantitative estimate of drug-likeness (QED) is 0.717. The molecule has 0 saturated carbocycles. The minimum absolute atomic E-state index is 0.152. The number of nitrogens with zero attached hydrogens (tertiary/aromatic N) is 1. The van der Waals surface area contributed by atoms with Crippen molar-refractivity contribution in [1.29, 1.82) is 0 Å². The Morgan fingerprint density at radius 2 is 2.10 bits per heavy atom. The van der Waals surface area contributed by atoms with E-state index in [2.05, 4.69) is 4.98 Å². The van der Waals surface area contributed by atoms with E-state index in [0.717, 1.165) is 0 Å². The Bertz CT molecular complexity index is 839. The first-order valence-corrected chi connectivity index (χ1v) is 6.16. The lowest BCUT2D eigenvalue weighted by atomic mass is 10.2. The van der Waals surface area contributed by atoms with Crippen LogP contribution in [0.4, 0.5) is 5.69 Å². The van der Waals surface area contributed by atoms with Crippen LogP contribution >= 0.6 is 0 Å². The average Bonchev–Trinajstić information content (AvgIpc) is 2.89. The highest BCUT2D eigenvalue weighted by Crippen LogP contribution is 2.30. The van der Waals surface area contributed by atoms with E-state index in [1.54, 1.807) is 24.3 Å². The number of carboxylic acid groups (broad SMARTS) is 1. The van der Waals surface area contributed by atoms with E-state index >= 15 is 0 Å². The molecule has 6 nitrogen and oxygen atoms in total. The largest absolute Gasteiger partial charge is 0.495 e. The molecule has 3 N–H and O–H groups in total. The van der Waals surface area contributed by atoms with Crippen molar-refractivity contribution in [3.05, 3.63) is 42.0 Å². The number of fused-ring (bicyclic) bond motifs is 1. The van der Waals surface area contributed by atoms with E-state index in [1.807, 2.05) is 0 Å². The zero-order valence-electron chi connectivity index (χ0n) is 11.2. The average molecular weight is 284 g/mol. The fourth-order valence-corrected chi connectivity index (χ4v) is 2.05. The van der Waals surface area contributed by atoms with Crippen molar-refractivity contribution in [3.8, 4) is 17.2 Å². The number of rotatable bonds is 3. The Morgan fingerprint density at radius 3 is 2.76 bits per heavy atom. The van der Waals surface area contributed by atoms with Crippen molar-refractivity contribution in [2.75, 3.05) is 12.8 Å². The summed E-state index contributed by atoms with van der Waals surface area (Å²) in [5, 5.41) is 8.97. The fraction of sp³-hybridized carbons (Fsp3) is 0.0667. The normalized spacial score (nSPS) is 10.7. The van der Waals surface area contributed by atoms with Crippen LogP contribution in [-0.4, -0.2) is 23.2 Å². The third-order valence-corrected chi connectivity index (χ3v) is 3.11. The third-order valence-electron chi connectivity index (χ3n) is 3.11. The Balaban J connectivity index is 2.08. The second-order valence-electron chi connectivity index (χ2n) is 4.46. The molecule has 0 atom stereocenters. The highest BCUT2D eigenvalue weighted by molar-refractivity contribution is 5.92. The number of nitrogens with two attached hydrogens (primary N) is 1. The second kappa shape index (κ2) is 4.82. The van der Waals surface area contributed by atoms with Gasteiger partial charge in [-0.1, -0.05) is 0 Å². The molecule has 1 heterocycles. The van der Waals surface area contributed by atoms with Crippen LogP contribution in [0.15, 0.2) is 40.8 Å². The lowest BCUT2D eigenvalue weighted by Gasteiger charge is -2.04. The molecule has 0 spiro atoms. The third kappa shape index (κ3) is 2.27. The molecule has 2 aromatic carbocycles. The number of benzene rings is 2. The highest BCUT2D eigenvalue weighted by atomic mass is 16.5. The van der Waals surface area contributed by atoms with Gasteiger partial charge in [-0.15, -0.1) is 0 Å². The van der Waals surface area contributed by atoms with E-state index in [0.29, 0.717) is 34.0 Å². The van der Waals surface area contributed by atoms with Gasteiger partial charge in [-0.05, 0) is 36.4 Å². The van der Waals surface area contributed by atoms with E-state index in [9.17, 15) is 4.79 Å². The fourth-order valence-electron chi connectivity index (χ4n) is 2.05. The summed E-state index contributed by atoms with van der Waals surface area (Å²) < 4.78 is 10.7. The van der Waals surface area contributed by atoms with Gasteiger partial charge in [0.25, 0.3) is 0 Å². The minimum atomic E-state index is -1.01. The number of carboxylic acids is 1. The summed E-state index contributed by atoms with van der Waals surface area (Å²) in [6.45, 7) is 0. The van der Waals surface area contributed by atoms with Crippen LogP contribution in [0, 0.1) is 0 Å². The molecule has 0 fully saturated rings.